The van der Waals surface area contributed by atoms with Gasteiger partial charge in [-0.3, -0.25) is 19.8 Å². The maximum Gasteiger partial charge on any atom is 0.330 e. The summed E-state index contributed by atoms with van der Waals surface area (Å²) in [4.78, 5) is 41.7. The normalized spacial score (nSPS) is 21.1. The van der Waals surface area contributed by atoms with E-state index in [4.69, 9.17) is 0 Å². The van der Waals surface area contributed by atoms with Crippen molar-refractivity contribution in [1.82, 2.24) is 19.8 Å². The lowest BCUT2D eigenvalue weighted by atomic mass is 9.82. The second-order valence-electron chi connectivity index (χ2n) is 5.66. The summed E-state index contributed by atoms with van der Waals surface area (Å²) in [7, 11) is 0. The van der Waals surface area contributed by atoms with Gasteiger partial charge in [0.05, 0.1) is 6.33 Å². The van der Waals surface area contributed by atoms with Crippen LogP contribution in [0.25, 0.3) is 0 Å². The highest BCUT2D eigenvalue weighted by Crippen LogP contribution is 2.41. The molecule has 1 aliphatic heterocycles. The van der Waals surface area contributed by atoms with Crippen molar-refractivity contribution in [2.75, 3.05) is 6.54 Å². The van der Waals surface area contributed by atoms with Gasteiger partial charge in [-0.25, -0.2) is 9.78 Å². The van der Waals surface area contributed by atoms with Gasteiger partial charge >= 0.3 is 6.03 Å². The number of rotatable bonds is 4. The van der Waals surface area contributed by atoms with Gasteiger partial charge in [0.2, 0.25) is 11.8 Å². The molecule has 1 aromatic heterocycles. The molecule has 4 amide bonds. The van der Waals surface area contributed by atoms with E-state index in [0.717, 1.165) is 12.8 Å². The molecule has 1 aromatic rings. The van der Waals surface area contributed by atoms with Crippen LogP contribution in [0.3, 0.4) is 0 Å². The van der Waals surface area contributed by atoms with Crippen molar-refractivity contribution < 1.29 is 14.4 Å². The molecular formula is C14H18N4O3. The quantitative estimate of drug-likeness (QED) is 0.835. The number of nitrogens with zero attached hydrogens (tertiary/aromatic N) is 3. The van der Waals surface area contributed by atoms with Crippen LogP contribution in [0.5, 0.6) is 0 Å². The summed E-state index contributed by atoms with van der Waals surface area (Å²) in [6, 6.07) is -0.590. The topological polar surface area (TPSA) is 84.3 Å². The fraction of sp³-hybridized carbons (Fsp3) is 0.571. The minimum absolute atomic E-state index is 0.317. The van der Waals surface area contributed by atoms with Gasteiger partial charge in [0.25, 0.3) is 0 Å². The predicted molar refractivity (Wildman–Crippen MR) is 73.0 cm³/mol. The summed E-state index contributed by atoms with van der Waals surface area (Å²) in [5.74, 6) is -0.736. The first-order valence-corrected chi connectivity index (χ1v) is 7.27. The predicted octanol–water partition coefficient (Wildman–Crippen LogP) is 0.912. The summed E-state index contributed by atoms with van der Waals surface area (Å²) >= 11 is 0. The zero-order chi connectivity index (χ0) is 14.9. The van der Waals surface area contributed by atoms with Crippen molar-refractivity contribution in [3.63, 3.8) is 0 Å². The highest BCUT2D eigenvalue weighted by atomic mass is 16.2. The van der Waals surface area contributed by atoms with E-state index in [1.165, 1.54) is 4.90 Å². The van der Waals surface area contributed by atoms with Gasteiger partial charge < -0.3 is 4.57 Å². The number of carbonyl (C=O) groups excluding carboxylic acids is 3. The largest absolute Gasteiger partial charge is 0.337 e. The third-order valence-corrected chi connectivity index (χ3v) is 4.37. The summed E-state index contributed by atoms with van der Waals surface area (Å²) in [5, 5.41) is 2.34. The Kier molecular flexibility index (Phi) is 3.48. The number of aryl methyl sites for hydroxylation is 1. The summed E-state index contributed by atoms with van der Waals surface area (Å²) in [5.41, 5.74) is -0.997. The van der Waals surface area contributed by atoms with Crippen molar-refractivity contribution in [3.05, 3.63) is 18.7 Å². The van der Waals surface area contributed by atoms with Crippen molar-refractivity contribution in [1.29, 1.82) is 0 Å². The Bertz CT molecular complexity index is 561. The van der Waals surface area contributed by atoms with Crippen LogP contribution in [0, 0.1) is 5.41 Å². The number of imidazole rings is 1. The molecule has 1 saturated heterocycles. The Morgan fingerprint density at radius 2 is 1.95 bits per heavy atom. The maximum atomic E-state index is 12.6. The molecule has 1 N–H and O–H groups in total. The smallest absolute Gasteiger partial charge is 0.330 e. The van der Waals surface area contributed by atoms with E-state index >= 15 is 0 Å². The minimum Gasteiger partial charge on any atom is -0.337 e. The average Bonchev–Trinajstić information content (AvgIpc) is 3.13. The standard InChI is InChI=1S/C14H18N4O3/c19-11-14(4-1-2-5-14)12(20)18(13(21)16-11)8-3-7-17-9-6-15-10-17/h6,9-10H,1-5,7-8H2,(H,16,19,21). The molecule has 0 atom stereocenters. The van der Waals surface area contributed by atoms with Gasteiger partial charge in [-0.05, 0) is 19.3 Å². The zero-order valence-corrected chi connectivity index (χ0v) is 11.7. The summed E-state index contributed by atoms with van der Waals surface area (Å²) < 4.78 is 1.89. The van der Waals surface area contributed by atoms with E-state index in [9.17, 15) is 14.4 Å². The van der Waals surface area contributed by atoms with E-state index < -0.39 is 17.4 Å². The molecule has 7 heteroatoms. The van der Waals surface area contributed by atoms with E-state index in [-0.39, 0.29) is 5.91 Å². The van der Waals surface area contributed by atoms with Crippen LogP contribution in [0.2, 0.25) is 0 Å². The number of urea groups is 1. The third kappa shape index (κ3) is 2.32. The van der Waals surface area contributed by atoms with Crippen LogP contribution in [0.4, 0.5) is 4.79 Å². The maximum absolute atomic E-state index is 12.6. The van der Waals surface area contributed by atoms with E-state index in [1.807, 2.05) is 10.8 Å². The average molecular weight is 290 g/mol. The number of carbonyl (C=O) groups is 3. The number of hydrogen-bond donors (Lipinski definition) is 1. The first-order valence-electron chi connectivity index (χ1n) is 7.27. The molecule has 0 unspecified atom stereocenters. The Morgan fingerprint density at radius 3 is 2.62 bits per heavy atom. The number of amides is 4. The van der Waals surface area contributed by atoms with Crippen LogP contribution in [-0.2, 0) is 16.1 Å². The van der Waals surface area contributed by atoms with E-state index in [1.54, 1.807) is 12.5 Å². The highest BCUT2D eigenvalue weighted by molar-refractivity contribution is 6.19. The molecule has 0 aromatic carbocycles. The molecule has 1 saturated carbocycles. The van der Waals surface area contributed by atoms with Gasteiger partial charge in [0, 0.05) is 25.5 Å². The second kappa shape index (κ2) is 5.31. The second-order valence-corrected chi connectivity index (χ2v) is 5.66. The SMILES string of the molecule is O=C1NC(=O)C2(CCCC2)C(=O)N1CCCn1ccnc1. The van der Waals surface area contributed by atoms with Gasteiger partial charge in [-0.15, -0.1) is 0 Å². The Balaban J connectivity index is 1.67. The molecule has 7 nitrogen and oxygen atoms in total. The molecule has 2 heterocycles. The molecule has 3 rings (SSSR count). The van der Waals surface area contributed by atoms with Crippen molar-refractivity contribution in [3.8, 4) is 0 Å². The highest BCUT2D eigenvalue weighted by Gasteiger charge is 2.54. The van der Waals surface area contributed by atoms with Gasteiger partial charge in [-0.1, -0.05) is 12.8 Å². The van der Waals surface area contributed by atoms with Crippen LogP contribution < -0.4 is 5.32 Å². The van der Waals surface area contributed by atoms with Gasteiger partial charge in [0.15, 0.2) is 0 Å². The lowest BCUT2D eigenvalue weighted by Gasteiger charge is -2.36. The van der Waals surface area contributed by atoms with Crippen molar-refractivity contribution in [2.45, 2.75) is 38.6 Å². The Labute approximate surface area is 122 Å². The van der Waals surface area contributed by atoms with Crippen LogP contribution in [-0.4, -0.2) is 38.8 Å². The fourth-order valence-corrected chi connectivity index (χ4v) is 3.18. The molecule has 0 radical (unpaired) electrons. The summed E-state index contributed by atoms with van der Waals surface area (Å²) in [6.45, 7) is 0.996. The zero-order valence-electron chi connectivity index (χ0n) is 11.7. The molecule has 21 heavy (non-hydrogen) atoms. The van der Waals surface area contributed by atoms with Crippen molar-refractivity contribution in [2.24, 2.45) is 5.41 Å². The summed E-state index contributed by atoms with van der Waals surface area (Å²) in [6.07, 6.45) is 8.66. The van der Waals surface area contributed by atoms with Crippen LogP contribution in [0.15, 0.2) is 18.7 Å². The first-order chi connectivity index (χ1) is 10.1. The van der Waals surface area contributed by atoms with E-state index in [2.05, 4.69) is 10.3 Å². The van der Waals surface area contributed by atoms with Crippen LogP contribution >= 0.6 is 0 Å². The number of barbiturate groups is 1. The van der Waals surface area contributed by atoms with Gasteiger partial charge in [0.1, 0.15) is 5.41 Å². The molecule has 2 fully saturated rings. The lowest BCUT2D eigenvalue weighted by molar-refractivity contribution is -0.151. The van der Waals surface area contributed by atoms with Gasteiger partial charge in [-0.2, -0.15) is 0 Å². The molecule has 0 bridgehead atoms. The third-order valence-electron chi connectivity index (χ3n) is 4.37. The first kappa shape index (κ1) is 13.8. The van der Waals surface area contributed by atoms with Crippen molar-refractivity contribution >= 4 is 17.8 Å². The molecule has 2 aliphatic rings. The Hall–Kier alpha value is -2.18. The minimum atomic E-state index is -0.997. The number of nitrogens with one attached hydrogen (secondary N) is 1. The monoisotopic (exact) mass is 290 g/mol. The van der Waals surface area contributed by atoms with E-state index in [0.29, 0.717) is 32.4 Å². The molecular weight excluding hydrogens is 272 g/mol. The number of aromatic nitrogens is 2. The number of hydrogen-bond acceptors (Lipinski definition) is 4. The van der Waals surface area contributed by atoms with Crippen LogP contribution in [0.1, 0.15) is 32.1 Å². The molecule has 1 spiro atoms. The fourth-order valence-electron chi connectivity index (χ4n) is 3.18. The molecule has 112 valence electrons. The molecule has 1 aliphatic carbocycles. The lowest BCUT2D eigenvalue weighted by Crippen LogP contribution is -2.63. The Morgan fingerprint density at radius 1 is 1.19 bits per heavy atom. The number of imide groups is 2.